The number of allylic oxidation sites excluding steroid dienone is 1. The molecular weight excluding hydrogens is 364 g/mol. The van der Waals surface area contributed by atoms with Crippen molar-refractivity contribution in [2.24, 2.45) is 5.92 Å². The molecule has 0 aliphatic carbocycles. The molecule has 138 valence electrons. The highest BCUT2D eigenvalue weighted by Gasteiger charge is 2.45. The van der Waals surface area contributed by atoms with E-state index in [-0.39, 0.29) is 17.1 Å². The molecule has 2 aliphatic heterocycles. The Bertz CT molecular complexity index is 666. The smallest absolute Gasteiger partial charge is 0.289 e. The summed E-state index contributed by atoms with van der Waals surface area (Å²) in [5, 5.41) is 11.7. The molecule has 0 N–H and O–H groups in total. The zero-order chi connectivity index (χ0) is 18.0. The molecular formula is C16H23ClN4O3S. The van der Waals surface area contributed by atoms with Gasteiger partial charge in [-0.05, 0) is 6.42 Å². The highest BCUT2D eigenvalue weighted by molar-refractivity contribution is 7.15. The summed E-state index contributed by atoms with van der Waals surface area (Å²) in [6, 6.07) is 0. The first-order valence-corrected chi connectivity index (χ1v) is 9.82. The van der Waals surface area contributed by atoms with Gasteiger partial charge in [0.1, 0.15) is 6.23 Å². The van der Waals surface area contributed by atoms with Crippen LogP contribution in [0.4, 0.5) is 0 Å². The van der Waals surface area contributed by atoms with Crippen LogP contribution >= 0.6 is 22.9 Å². The molecule has 9 heteroatoms. The van der Waals surface area contributed by atoms with Crippen LogP contribution in [0.3, 0.4) is 0 Å². The average molecular weight is 387 g/mol. The van der Waals surface area contributed by atoms with Gasteiger partial charge < -0.3 is 14.5 Å². The standard InChI is InChI=1S/C16H23ClN4O3S/c1-3-4-7-24-13-8-11(2)14(21(22)23)15-19(5-6-20(13)15)10-12-9-18-16(17)25-12/h9,11,13H,3-8,10H2,1-2H3. The van der Waals surface area contributed by atoms with Gasteiger partial charge in [-0.1, -0.05) is 31.9 Å². The molecule has 3 heterocycles. The van der Waals surface area contributed by atoms with Crippen molar-refractivity contribution in [1.82, 2.24) is 14.8 Å². The Morgan fingerprint density at radius 2 is 2.32 bits per heavy atom. The highest BCUT2D eigenvalue weighted by Crippen LogP contribution is 2.38. The molecule has 0 amide bonds. The minimum atomic E-state index is -0.229. The van der Waals surface area contributed by atoms with Gasteiger partial charge in [0.05, 0.1) is 17.4 Å². The maximum atomic E-state index is 11.7. The lowest BCUT2D eigenvalue weighted by Gasteiger charge is -2.37. The van der Waals surface area contributed by atoms with Crippen molar-refractivity contribution in [3.05, 3.63) is 37.2 Å². The number of unbranched alkanes of at least 4 members (excludes halogenated alkanes) is 1. The van der Waals surface area contributed by atoms with Crippen LogP contribution in [-0.4, -0.2) is 45.6 Å². The van der Waals surface area contributed by atoms with Crippen LogP contribution in [0.15, 0.2) is 17.7 Å². The molecule has 0 spiro atoms. The third-order valence-corrected chi connectivity index (χ3v) is 5.76. The highest BCUT2D eigenvalue weighted by atomic mass is 35.5. The molecule has 2 atom stereocenters. The Labute approximate surface area is 156 Å². The van der Waals surface area contributed by atoms with Gasteiger partial charge in [-0.2, -0.15) is 0 Å². The predicted molar refractivity (Wildman–Crippen MR) is 96.7 cm³/mol. The van der Waals surface area contributed by atoms with Gasteiger partial charge in [0.25, 0.3) is 5.70 Å². The number of nitrogens with zero attached hydrogens (tertiary/aromatic N) is 4. The summed E-state index contributed by atoms with van der Waals surface area (Å²) in [6.07, 6.45) is 4.38. The summed E-state index contributed by atoms with van der Waals surface area (Å²) < 4.78 is 6.54. The summed E-state index contributed by atoms with van der Waals surface area (Å²) in [5.74, 6) is 0.563. The summed E-state index contributed by atoms with van der Waals surface area (Å²) in [5.41, 5.74) is 0.295. The number of thiazole rings is 1. The van der Waals surface area contributed by atoms with Crippen LogP contribution in [0.2, 0.25) is 4.47 Å². The molecule has 2 unspecified atom stereocenters. The Kier molecular flexibility index (Phi) is 5.81. The molecule has 1 saturated heterocycles. The van der Waals surface area contributed by atoms with Crippen LogP contribution in [0, 0.1) is 16.0 Å². The molecule has 1 aromatic rings. The van der Waals surface area contributed by atoms with E-state index in [1.807, 2.05) is 6.92 Å². The number of nitro groups is 1. The van der Waals surface area contributed by atoms with E-state index >= 15 is 0 Å². The lowest BCUT2D eigenvalue weighted by Crippen LogP contribution is -2.43. The third-order valence-electron chi connectivity index (χ3n) is 4.66. The molecule has 3 rings (SSSR count). The topological polar surface area (TPSA) is 71.7 Å². The zero-order valence-electron chi connectivity index (χ0n) is 14.5. The molecule has 1 aromatic heterocycles. The number of fused-ring (bicyclic) bond motifs is 1. The van der Waals surface area contributed by atoms with Crippen LogP contribution in [0.25, 0.3) is 0 Å². The second kappa shape index (κ2) is 7.88. The fourth-order valence-electron chi connectivity index (χ4n) is 3.46. The Hall–Kier alpha value is -1.38. The van der Waals surface area contributed by atoms with Gasteiger partial charge in [-0.15, -0.1) is 11.3 Å². The molecule has 0 bridgehead atoms. The monoisotopic (exact) mass is 386 g/mol. The second-order valence-electron chi connectivity index (χ2n) is 6.48. The van der Waals surface area contributed by atoms with E-state index < -0.39 is 0 Å². The lowest BCUT2D eigenvalue weighted by molar-refractivity contribution is -0.439. The molecule has 7 nitrogen and oxygen atoms in total. The van der Waals surface area contributed by atoms with Crippen LogP contribution in [0.5, 0.6) is 0 Å². The summed E-state index contributed by atoms with van der Waals surface area (Å²) in [6.45, 7) is 6.79. The Morgan fingerprint density at radius 1 is 1.52 bits per heavy atom. The van der Waals surface area contributed by atoms with Crippen LogP contribution in [-0.2, 0) is 11.3 Å². The summed E-state index contributed by atoms with van der Waals surface area (Å²) >= 11 is 7.33. The Balaban J connectivity index is 1.85. The SMILES string of the molecule is CCCCOC1CC(C)C([N+](=O)[O-])=C2N(Cc3cnc(Cl)s3)CCN21. The largest absolute Gasteiger partial charge is 0.358 e. The minimum absolute atomic E-state index is 0.0877. The van der Waals surface area contributed by atoms with Gasteiger partial charge >= 0.3 is 0 Å². The molecule has 25 heavy (non-hydrogen) atoms. The van der Waals surface area contributed by atoms with Crippen LogP contribution in [0.1, 0.15) is 38.0 Å². The molecule has 2 aliphatic rings. The van der Waals surface area contributed by atoms with Crippen molar-refractivity contribution < 1.29 is 9.66 Å². The van der Waals surface area contributed by atoms with E-state index in [9.17, 15) is 10.1 Å². The first kappa shape index (κ1) is 18.4. The second-order valence-corrected chi connectivity index (χ2v) is 8.17. The van der Waals surface area contributed by atoms with E-state index in [0.717, 1.165) is 30.8 Å². The fourth-order valence-corrected chi connectivity index (χ4v) is 4.45. The first-order chi connectivity index (χ1) is 12.0. The number of hydrogen-bond donors (Lipinski definition) is 0. The number of halogens is 1. The maximum Gasteiger partial charge on any atom is 0.289 e. The Morgan fingerprint density at radius 3 is 2.96 bits per heavy atom. The third kappa shape index (κ3) is 3.91. The summed E-state index contributed by atoms with van der Waals surface area (Å²) in [4.78, 5) is 20.7. The van der Waals surface area contributed by atoms with E-state index in [1.165, 1.54) is 11.3 Å². The van der Waals surface area contributed by atoms with E-state index in [2.05, 4.69) is 21.7 Å². The van der Waals surface area contributed by atoms with Crippen molar-refractivity contribution >= 4 is 22.9 Å². The molecule has 0 saturated carbocycles. The number of ether oxygens (including phenoxy) is 1. The van der Waals surface area contributed by atoms with Crippen LogP contribution < -0.4 is 0 Å². The van der Waals surface area contributed by atoms with Gasteiger partial charge in [0, 0.05) is 37.2 Å². The molecule has 0 aromatic carbocycles. The molecule has 1 fully saturated rings. The van der Waals surface area contributed by atoms with Gasteiger partial charge in [0.2, 0.25) is 0 Å². The number of aromatic nitrogens is 1. The average Bonchev–Trinajstić information content (AvgIpc) is 3.14. The quantitative estimate of drug-likeness (QED) is 0.405. The van der Waals surface area contributed by atoms with Crippen molar-refractivity contribution in [3.8, 4) is 0 Å². The minimum Gasteiger partial charge on any atom is -0.358 e. The normalized spacial score (nSPS) is 23.3. The van der Waals surface area contributed by atoms with E-state index in [0.29, 0.717) is 35.6 Å². The summed E-state index contributed by atoms with van der Waals surface area (Å²) in [7, 11) is 0. The van der Waals surface area contributed by atoms with Gasteiger partial charge in [0.15, 0.2) is 10.3 Å². The number of hydrogen-bond acceptors (Lipinski definition) is 7. The van der Waals surface area contributed by atoms with Crippen molar-refractivity contribution in [2.45, 2.75) is 45.9 Å². The van der Waals surface area contributed by atoms with Gasteiger partial charge in [-0.25, -0.2) is 4.98 Å². The van der Waals surface area contributed by atoms with Crippen molar-refractivity contribution in [3.63, 3.8) is 0 Å². The number of rotatable bonds is 7. The zero-order valence-corrected chi connectivity index (χ0v) is 16.1. The first-order valence-electron chi connectivity index (χ1n) is 8.63. The predicted octanol–water partition coefficient (Wildman–Crippen LogP) is 3.54. The lowest BCUT2D eigenvalue weighted by atomic mass is 9.98. The van der Waals surface area contributed by atoms with E-state index in [4.69, 9.17) is 16.3 Å². The molecule has 0 radical (unpaired) electrons. The van der Waals surface area contributed by atoms with Crippen molar-refractivity contribution in [1.29, 1.82) is 0 Å². The maximum absolute atomic E-state index is 11.7. The fraction of sp³-hybridized carbons (Fsp3) is 0.688. The van der Waals surface area contributed by atoms with Crippen molar-refractivity contribution in [2.75, 3.05) is 19.7 Å². The van der Waals surface area contributed by atoms with E-state index in [1.54, 1.807) is 6.20 Å². The van der Waals surface area contributed by atoms with Gasteiger partial charge in [-0.3, -0.25) is 10.1 Å².